The van der Waals surface area contributed by atoms with Gasteiger partial charge in [-0.25, -0.2) is 9.97 Å². The molecule has 0 aliphatic rings. The molecule has 4 heterocycles. The van der Waals surface area contributed by atoms with Crippen LogP contribution in [0.15, 0.2) is 85.2 Å². The predicted molar refractivity (Wildman–Crippen MR) is 98.4 cm³/mol. The Balaban J connectivity index is 1.69. The molecule has 0 fully saturated rings. The number of rotatable bonds is 4. The molecule has 0 spiro atoms. The van der Waals surface area contributed by atoms with Crippen LogP contribution in [0.25, 0.3) is 22.8 Å². The molecule has 26 heavy (non-hydrogen) atoms. The van der Waals surface area contributed by atoms with Crippen molar-refractivity contribution < 1.29 is 4.79 Å². The summed E-state index contributed by atoms with van der Waals surface area (Å²) in [5.74, 6) is -0.236. The van der Waals surface area contributed by atoms with E-state index < -0.39 is 0 Å². The van der Waals surface area contributed by atoms with Gasteiger partial charge in [0, 0.05) is 12.4 Å². The lowest BCUT2D eigenvalue weighted by Gasteiger charge is -2.05. The lowest BCUT2D eigenvalue weighted by atomic mass is 10.1. The van der Waals surface area contributed by atoms with Crippen molar-refractivity contribution in [1.29, 1.82) is 0 Å². The van der Waals surface area contributed by atoms with Crippen LogP contribution in [0, 0.1) is 0 Å². The van der Waals surface area contributed by atoms with Crippen LogP contribution < -0.4 is 0 Å². The smallest absolute Gasteiger partial charge is 0.229 e. The normalized spacial score (nSPS) is 10.5. The van der Waals surface area contributed by atoms with Crippen molar-refractivity contribution >= 4 is 5.78 Å². The Labute approximate surface area is 150 Å². The highest BCUT2D eigenvalue weighted by atomic mass is 16.1. The molecule has 5 heteroatoms. The van der Waals surface area contributed by atoms with E-state index in [0.29, 0.717) is 22.8 Å². The first-order valence-corrected chi connectivity index (χ1v) is 8.13. The first kappa shape index (κ1) is 15.8. The lowest BCUT2D eigenvalue weighted by molar-refractivity contribution is 0.103. The molecule has 4 rings (SSSR count). The summed E-state index contributed by atoms with van der Waals surface area (Å²) in [4.78, 5) is 30.3. The summed E-state index contributed by atoms with van der Waals surface area (Å²) in [7, 11) is 0. The van der Waals surface area contributed by atoms with Crippen LogP contribution in [0.4, 0.5) is 0 Å². The van der Waals surface area contributed by atoms with E-state index in [-0.39, 0.29) is 5.78 Å². The molecule has 0 amide bonds. The van der Waals surface area contributed by atoms with Gasteiger partial charge in [-0.05, 0) is 48.5 Å². The van der Waals surface area contributed by atoms with Crippen LogP contribution in [0.1, 0.15) is 16.2 Å². The van der Waals surface area contributed by atoms with Crippen molar-refractivity contribution in [1.82, 2.24) is 19.9 Å². The van der Waals surface area contributed by atoms with E-state index in [1.165, 1.54) is 0 Å². The zero-order chi connectivity index (χ0) is 17.8. The van der Waals surface area contributed by atoms with E-state index in [2.05, 4.69) is 19.9 Å². The number of nitrogens with zero attached hydrogens (tertiary/aromatic N) is 4. The standard InChI is InChI=1S/C21H14N4O/c26-21(19-11-5-9-17(24-19)15-7-1-3-13-22-15)20-12-6-10-18(25-20)16-8-2-4-14-23-16/h1-14H. The third-order valence-corrected chi connectivity index (χ3v) is 3.82. The van der Waals surface area contributed by atoms with Crippen molar-refractivity contribution in [2.75, 3.05) is 0 Å². The molecule has 4 aromatic rings. The molecule has 4 aromatic heterocycles. The number of carbonyl (C=O) groups excluding carboxylic acids is 1. The SMILES string of the molecule is O=C(c1cccc(-c2ccccn2)n1)c1cccc(-c2ccccn2)n1. The maximum atomic E-state index is 12.8. The summed E-state index contributed by atoms with van der Waals surface area (Å²) in [6.07, 6.45) is 3.40. The Morgan fingerprint density at radius 3 is 1.42 bits per heavy atom. The van der Waals surface area contributed by atoms with Crippen LogP contribution >= 0.6 is 0 Å². The summed E-state index contributed by atoms with van der Waals surface area (Å²) < 4.78 is 0. The largest absolute Gasteiger partial charge is 0.285 e. The maximum absolute atomic E-state index is 12.8. The Morgan fingerprint density at radius 1 is 0.538 bits per heavy atom. The van der Waals surface area contributed by atoms with E-state index in [1.807, 2.05) is 48.5 Å². The Kier molecular flexibility index (Phi) is 4.26. The number of aromatic nitrogens is 4. The summed E-state index contributed by atoms with van der Waals surface area (Å²) >= 11 is 0. The summed E-state index contributed by atoms with van der Waals surface area (Å²) in [5, 5.41) is 0. The van der Waals surface area contributed by atoms with Crippen LogP contribution in [0.2, 0.25) is 0 Å². The van der Waals surface area contributed by atoms with Crippen molar-refractivity contribution in [2.24, 2.45) is 0 Å². The van der Waals surface area contributed by atoms with E-state index >= 15 is 0 Å². The molecule has 0 aliphatic heterocycles. The fraction of sp³-hybridized carbons (Fsp3) is 0. The fourth-order valence-electron chi connectivity index (χ4n) is 2.57. The van der Waals surface area contributed by atoms with Gasteiger partial charge in [0.1, 0.15) is 11.4 Å². The fourth-order valence-corrected chi connectivity index (χ4v) is 2.57. The minimum absolute atomic E-state index is 0.236. The van der Waals surface area contributed by atoms with E-state index in [0.717, 1.165) is 11.4 Å². The first-order valence-electron chi connectivity index (χ1n) is 8.13. The van der Waals surface area contributed by atoms with Crippen molar-refractivity contribution in [3.63, 3.8) is 0 Å². The molecule has 0 saturated carbocycles. The number of carbonyl (C=O) groups is 1. The first-order chi connectivity index (χ1) is 12.8. The molecule has 124 valence electrons. The average Bonchev–Trinajstić information content (AvgIpc) is 2.75. The maximum Gasteiger partial charge on any atom is 0.229 e. The van der Waals surface area contributed by atoms with Crippen LogP contribution in [-0.2, 0) is 0 Å². The van der Waals surface area contributed by atoms with E-state index in [9.17, 15) is 4.79 Å². The van der Waals surface area contributed by atoms with Crippen LogP contribution in [0.5, 0.6) is 0 Å². The van der Waals surface area contributed by atoms with Gasteiger partial charge in [-0.15, -0.1) is 0 Å². The highest BCUT2D eigenvalue weighted by molar-refractivity contribution is 6.06. The van der Waals surface area contributed by atoms with Gasteiger partial charge in [0.2, 0.25) is 5.78 Å². The Bertz CT molecular complexity index is 965. The number of hydrogen-bond acceptors (Lipinski definition) is 5. The lowest BCUT2D eigenvalue weighted by Crippen LogP contribution is -2.07. The zero-order valence-electron chi connectivity index (χ0n) is 13.8. The summed E-state index contributed by atoms with van der Waals surface area (Å²) in [6, 6.07) is 21.8. The molecule has 0 aromatic carbocycles. The molecule has 5 nitrogen and oxygen atoms in total. The highest BCUT2D eigenvalue weighted by Gasteiger charge is 2.14. The van der Waals surface area contributed by atoms with Gasteiger partial charge in [-0.3, -0.25) is 14.8 Å². The second kappa shape index (κ2) is 7.03. The second-order valence-corrected chi connectivity index (χ2v) is 5.58. The molecule has 0 saturated heterocycles. The third-order valence-electron chi connectivity index (χ3n) is 3.82. The minimum atomic E-state index is -0.236. The van der Waals surface area contributed by atoms with E-state index in [1.54, 1.807) is 36.7 Å². The number of pyridine rings is 4. The zero-order valence-corrected chi connectivity index (χ0v) is 13.8. The number of ketones is 1. The predicted octanol–water partition coefficient (Wildman–Crippen LogP) is 3.83. The van der Waals surface area contributed by atoms with Crippen molar-refractivity contribution in [3.05, 3.63) is 96.6 Å². The molecule has 0 bridgehead atoms. The van der Waals surface area contributed by atoms with E-state index in [4.69, 9.17) is 0 Å². The van der Waals surface area contributed by atoms with Gasteiger partial charge in [0.05, 0.1) is 22.8 Å². The van der Waals surface area contributed by atoms with Gasteiger partial charge in [0.15, 0.2) is 0 Å². The van der Waals surface area contributed by atoms with Crippen molar-refractivity contribution in [3.8, 4) is 22.8 Å². The third kappa shape index (κ3) is 3.23. The topological polar surface area (TPSA) is 68.6 Å². The van der Waals surface area contributed by atoms with Gasteiger partial charge in [0.25, 0.3) is 0 Å². The molecule has 0 aliphatic carbocycles. The van der Waals surface area contributed by atoms with Gasteiger partial charge >= 0.3 is 0 Å². The van der Waals surface area contributed by atoms with Crippen LogP contribution in [-0.4, -0.2) is 25.7 Å². The van der Waals surface area contributed by atoms with Gasteiger partial charge in [-0.2, -0.15) is 0 Å². The van der Waals surface area contributed by atoms with Gasteiger partial charge < -0.3 is 0 Å². The Morgan fingerprint density at radius 2 is 1.00 bits per heavy atom. The van der Waals surface area contributed by atoms with Crippen molar-refractivity contribution in [2.45, 2.75) is 0 Å². The molecule has 0 unspecified atom stereocenters. The quantitative estimate of drug-likeness (QED) is 0.529. The summed E-state index contributed by atoms with van der Waals surface area (Å²) in [6.45, 7) is 0. The molecule has 0 N–H and O–H groups in total. The molecular formula is C21H14N4O. The highest BCUT2D eigenvalue weighted by Crippen LogP contribution is 2.17. The minimum Gasteiger partial charge on any atom is -0.285 e. The summed E-state index contributed by atoms with van der Waals surface area (Å²) in [5.41, 5.74) is 3.40. The molecular weight excluding hydrogens is 324 g/mol. The monoisotopic (exact) mass is 338 g/mol. The second-order valence-electron chi connectivity index (χ2n) is 5.58. The van der Waals surface area contributed by atoms with Crippen LogP contribution in [0.3, 0.4) is 0 Å². The molecule has 0 radical (unpaired) electrons. The Hall–Kier alpha value is -3.73. The number of hydrogen-bond donors (Lipinski definition) is 0. The molecule has 0 atom stereocenters. The average molecular weight is 338 g/mol. The van der Waals surface area contributed by atoms with Gasteiger partial charge in [-0.1, -0.05) is 24.3 Å².